The van der Waals surface area contributed by atoms with Gasteiger partial charge < -0.3 is 13.7 Å². The molecule has 1 aliphatic carbocycles. The molecule has 3 heteroatoms. The third-order valence-electron chi connectivity index (χ3n) is 12.1. The second kappa shape index (κ2) is 12.0. The second-order valence-corrected chi connectivity index (χ2v) is 18.2. The summed E-state index contributed by atoms with van der Waals surface area (Å²) >= 11 is 0. The standard InChI is InChI=1S/C53H47NO2/c1-51(2,3)34-29-41-39-27-28-42-47(50(39)56-49(41)43(30-34)52(4,5)6)40-18-14-19-44(48(40)53(42,7)8)54(35-23-21-33(22-24-35)32-15-10-9-11-16-32)36-25-26-38-37-17-12-13-20-45(37)55-46(38)31-36/h9-31H,1-8H3. The van der Waals surface area contributed by atoms with Crippen molar-refractivity contribution in [2.45, 2.75) is 71.6 Å². The van der Waals surface area contributed by atoms with E-state index in [1.165, 1.54) is 55.3 Å². The molecule has 0 N–H and O–H groups in total. The Morgan fingerprint density at radius 1 is 0.500 bits per heavy atom. The van der Waals surface area contributed by atoms with Crippen molar-refractivity contribution in [2.24, 2.45) is 0 Å². The number of benzene rings is 7. The first-order valence-corrected chi connectivity index (χ1v) is 19.8. The average molecular weight is 730 g/mol. The van der Waals surface area contributed by atoms with E-state index in [1.54, 1.807) is 0 Å². The Morgan fingerprint density at radius 3 is 1.93 bits per heavy atom. The van der Waals surface area contributed by atoms with Gasteiger partial charge in [0.05, 0.1) is 5.69 Å². The van der Waals surface area contributed by atoms with E-state index in [0.717, 1.165) is 50.2 Å². The van der Waals surface area contributed by atoms with Crippen LogP contribution in [0.25, 0.3) is 66.1 Å². The fourth-order valence-corrected chi connectivity index (χ4v) is 9.16. The lowest BCUT2D eigenvalue weighted by Crippen LogP contribution is -2.20. The molecule has 0 spiro atoms. The molecule has 0 aliphatic heterocycles. The predicted octanol–water partition coefficient (Wildman–Crippen LogP) is 15.5. The van der Waals surface area contributed by atoms with E-state index in [-0.39, 0.29) is 16.2 Å². The molecule has 2 heterocycles. The van der Waals surface area contributed by atoms with Crippen molar-refractivity contribution < 1.29 is 8.83 Å². The number of nitrogens with zero attached hydrogens (tertiary/aromatic N) is 1. The van der Waals surface area contributed by atoms with Gasteiger partial charge in [-0.3, -0.25) is 0 Å². The van der Waals surface area contributed by atoms with Crippen LogP contribution in [-0.2, 0) is 16.2 Å². The molecule has 276 valence electrons. The number of rotatable bonds is 4. The third kappa shape index (κ3) is 5.17. The van der Waals surface area contributed by atoms with Gasteiger partial charge in [0.1, 0.15) is 22.3 Å². The zero-order valence-electron chi connectivity index (χ0n) is 33.5. The van der Waals surface area contributed by atoms with Crippen LogP contribution in [-0.4, -0.2) is 0 Å². The van der Waals surface area contributed by atoms with Gasteiger partial charge in [0.2, 0.25) is 0 Å². The number of hydrogen-bond acceptors (Lipinski definition) is 3. The molecular formula is C53H47NO2. The Kier molecular flexibility index (Phi) is 7.36. The fourth-order valence-electron chi connectivity index (χ4n) is 9.16. The molecule has 0 saturated carbocycles. The molecule has 9 aromatic rings. The first-order valence-electron chi connectivity index (χ1n) is 19.8. The van der Waals surface area contributed by atoms with E-state index < -0.39 is 0 Å². The van der Waals surface area contributed by atoms with Crippen molar-refractivity contribution in [3.05, 3.63) is 162 Å². The summed E-state index contributed by atoms with van der Waals surface area (Å²) in [6, 6.07) is 50.7. The van der Waals surface area contributed by atoms with Crippen molar-refractivity contribution >= 4 is 60.9 Å². The maximum atomic E-state index is 7.15. The van der Waals surface area contributed by atoms with Gasteiger partial charge >= 0.3 is 0 Å². The summed E-state index contributed by atoms with van der Waals surface area (Å²) in [6.07, 6.45) is 0. The van der Waals surface area contributed by atoms with Gasteiger partial charge in [-0.25, -0.2) is 0 Å². The van der Waals surface area contributed by atoms with Crippen LogP contribution in [0.1, 0.15) is 77.6 Å². The molecule has 3 nitrogen and oxygen atoms in total. The molecule has 0 unspecified atom stereocenters. The molecular weight excluding hydrogens is 683 g/mol. The molecule has 0 amide bonds. The number of furan rings is 2. The van der Waals surface area contributed by atoms with Gasteiger partial charge in [0, 0.05) is 55.5 Å². The number of anilines is 3. The number of fused-ring (bicyclic) bond motifs is 10. The van der Waals surface area contributed by atoms with E-state index >= 15 is 0 Å². The minimum atomic E-state index is -0.316. The van der Waals surface area contributed by atoms with Crippen LogP contribution in [0.3, 0.4) is 0 Å². The molecule has 0 saturated heterocycles. The van der Waals surface area contributed by atoms with Crippen molar-refractivity contribution in [3.8, 4) is 22.3 Å². The Bertz CT molecular complexity index is 3000. The highest BCUT2D eigenvalue weighted by Crippen LogP contribution is 2.57. The van der Waals surface area contributed by atoms with Gasteiger partial charge in [0.15, 0.2) is 0 Å². The zero-order chi connectivity index (χ0) is 38.7. The van der Waals surface area contributed by atoms with Gasteiger partial charge in [-0.1, -0.05) is 146 Å². The quantitative estimate of drug-likeness (QED) is 0.181. The van der Waals surface area contributed by atoms with Crippen LogP contribution in [0.4, 0.5) is 17.1 Å². The van der Waals surface area contributed by atoms with Gasteiger partial charge in [0.25, 0.3) is 0 Å². The summed E-state index contributed by atoms with van der Waals surface area (Å²) in [7, 11) is 0. The molecule has 10 rings (SSSR count). The van der Waals surface area contributed by atoms with Crippen molar-refractivity contribution in [2.75, 3.05) is 4.90 Å². The lowest BCUT2D eigenvalue weighted by atomic mass is 9.79. The third-order valence-corrected chi connectivity index (χ3v) is 12.1. The summed E-state index contributed by atoms with van der Waals surface area (Å²) in [4.78, 5) is 2.41. The summed E-state index contributed by atoms with van der Waals surface area (Å²) in [5.74, 6) is 0. The monoisotopic (exact) mass is 729 g/mol. The van der Waals surface area contributed by atoms with Crippen molar-refractivity contribution in [1.29, 1.82) is 0 Å². The minimum absolute atomic E-state index is 0.00610. The summed E-state index contributed by atoms with van der Waals surface area (Å²) in [5.41, 5.74) is 16.6. The first kappa shape index (κ1) is 34.4. The lowest BCUT2D eigenvalue weighted by Gasteiger charge is -2.32. The molecule has 1 aliphatic rings. The number of hydrogen-bond donors (Lipinski definition) is 0. The van der Waals surface area contributed by atoms with E-state index in [2.05, 4.69) is 188 Å². The largest absolute Gasteiger partial charge is 0.456 e. The number of para-hydroxylation sites is 1. The average Bonchev–Trinajstić information content (AvgIpc) is 3.82. The predicted molar refractivity (Wildman–Crippen MR) is 236 cm³/mol. The van der Waals surface area contributed by atoms with Crippen LogP contribution in [0.15, 0.2) is 148 Å². The molecule has 0 fully saturated rings. The maximum Gasteiger partial charge on any atom is 0.143 e. The highest BCUT2D eigenvalue weighted by molar-refractivity contribution is 6.13. The summed E-state index contributed by atoms with van der Waals surface area (Å²) in [5, 5.41) is 4.62. The topological polar surface area (TPSA) is 29.5 Å². The Morgan fingerprint density at radius 2 is 1.18 bits per heavy atom. The van der Waals surface area contributed by atoms with Crippen molar-refractivity contribution in [3.63, 3.8) is 0 Å². The van der Waals surface area contributed by atoms with Crippen LogP contribution in [0.2, 0.25) is 0 Å². The van der Waals surface area contributed by atoms with E-state index in [4.69, 9.17) is 8.83 Å². The van der Waals surface area contributed by atoms with Crippen LogP contribution in [0.5, 0.6) is 0 Å². The minimum Gasteiger partial charge on any atom is -0.456 e. The maximum absolute atomic E-state index is 7.15. The van der Waals surface area contributed by atoms with E-state index in [9.17, 15) is 0 Å². The Labute approximate surface area is 329 Å². The first-order chi connectivity index (χ1) is 26.8. The van der Waals surface area contributed by atoms with E-state index in [0.29, 0.717) is 0 Å². The molecule has 7 aromatic carbocycles. The summed E-state index contributed by atoms with van der Waals surface area (Å²) < 4.78 is 13.6. The zero-order valence-corrected chi connectivity index (χ0v) is 33.5. The molecule has 56 heavy (non-hydrogen) atoms. The van der Waals surface area contributed by atoms with Gasteiger partial charge in [-0.15, -0.1) is 0 Å². The SMILES string of the molecule is CC(C)(C)c1cc(C(C)(C)C)c2oc3c4c(ccc3c2c1)C(C)(C)c1c-4cccc1N(c1ccc(-c2ccccc2)cc1)c1ccc2c(c1)oc1ccccc12. The van der Waals surface area contributed by atoms with Crippen LogP contribution >= 0.6 is 0 Å². The Hall–Kier alpha value is -6.06. The Balaban J connectivity index is 1.22. The van der Waals surface area contributed by atoms with Crippen LogP contribution < -0.4 is 4.90 Å². The van der Waals surface area contributed by atoms with Crippen LogP contribution in [0, 0.1) is 0 Å². The molecule has 0 bridgehead atoms. The molecule has 0 radical (unpaired) electrons. The van der Waals surface area contributed by atoms with Gasteiger partial charge in [-0.05, 0) is 86.7 Å². The summed E-state index contributed by atoms with van der Waals surface area (Å²) in [6.45, 7) is 18.5. The van der Waals surface area contributed by atoms with E-state index in [1.807, 2.05) is 12.1 Å². The van der Waals surface area contributed by atoms with Crippen molar-refractivity contribution in [1.82, 2.24) is 0 Å². The lowest BCUT2D eigenvalue weighted by molar-refractivity contribution is 0.559. The fraction of sp³-hybridized carbons (Fsp3) is 0.208. The second-order valence-electron chi connectivity index (χ2n) is 18.2. The normalized spacial score (nSPS) is 13.9. The van der Waals surface area contributed by atoms with Gasteiger partial charge in [-0.2, -0.15) is 0 Å². The smallest absolute Gasteiger partial charge is 0.143 e. The molecule has 0 atom stereocenters. The highest BCUT2D eigenvalue weighted by atomic mass is 16.3. The molecule has 2 aromatic heterocycles. The highest BCUT2D eigenvalue weighted by Gasteiger charge is 2.41.